The van der Waals surface area contributed by atoms with Gasteiger partial charge in [-0.3, -0.25) is 4.79 Å². The smallest absolute Gasteiger partial charge is 0.387 e. The average Bonchev–Trinajstić information content (AvgIpc) is 3.36. The van der Waals surface area contributed by atoms with Gasteiger partial charge in [-0.05, 0) is 61.5 Å². The van der Waals surface area contributed by atoms with E-state index in [-0.39, 0.29) is 48.0 Å². The zero-order valence-corrected chi connectivity index (χ0v) is 16.0. The zero-order valence-electron chi connectivity index (χ0n) is 15.2. The Morgan fingerprint density at radius 2 is 1.81 bits per heavy atom. The Morgan fingerprint density at radius 3 is 2.48 bits per heavy atom. The van der Waals surface area contributed by atoms with Crippen LogP contribution in [0.15, 0.2) is 24.3 Å². The molecule has 3 aliphatic carbocycles. The summed E-state index contributed by atoms with van der Waals surface area (Å²) >= 11 is 0. The van der Waals surface area contributed by atoms with E-state index in [4.69, 9.17) is 5.73 Å². The summed E-state index contributed by atoms with van der Waals surface area (Å²) in [6, 6.07) is 7.28. The molecular formula is C20H27ClF2N2O2. The maximum atomic E-state index is 12.8. The van der Waals surface area contributed by atoms with Gasteiger partial charge in [-0.1, -0.05) is 24.6 Å². The lowest BCUT2D eigenvalue weighted by atomic mass is 9.67. The molecule has 0 aliphatic heterocycles. The van der Waals surface area contributed by atoms with Gasteiger partial charge in [-0.25, -0.2) is 0 Å². The van der Waals surface area contributed by atoms with Gasteiger partial charge >= 0.3 is 6.61 Å². The normalized spacial score (nSPS) is 34.5. The fourth-order valence-corrected chi connectivity index (χ4v) is 5.11. The van der Waals surface area contributed by atoms with Crippen molar-refractivity contribution in [1.29, 1.82) is 0 Å². The van der Waals surface area contributed by atoms with Crippen LogP contribution in [0.2, 0.25) is 0 Å². The lowest BCUT2D eigenvalue weighted by molar-refractivity contribution is -0.124. The third-order valence-electron chi connectivity index (χ3n) is 6.35. The number of alkyl halides is 2. The molecule has 0 spiro atoms. The summed E-state index contributed by atoms with van der Waals surface area (Å²) in [6.45, 7) is -2.85. The maximum Gasteiger partial charge on any atom is 0.387 e. The van der Waals surface area contributed by atoms with Crippen LogP contribution in [-0.4, -0.2) is 24.6 Å². The minimum atomic E-state index is -2.85. The highest BCUT2D eigenvalue weighted by Crippen LogP contribution is 2.51. The summed E-state index contributed by atoms with van der Waals surface area (Å²) in [7, 11) is 0. The number of para-hydroxylation sites is 1. The minimum absolute atomic E-state index is 0. The first kappa shape index (κ1) is 20.3. The van der Waals surface area contributed by atoms with Crippen molar-refractivity contribution in [2.45, 2.75) is 63.1 Å². The van der Waals surface area contributed by atoms with E-state index in [1.54, 1.807) is 24.3 Å². The predicted octanol–water partition coefficient (Wildman–Crippen LogP) is 3.84. The van der Waals surface area contributed by atoms with Crippen molar-refractivity contribution >= 4 is 18.3 Å². The van der Waals surface area contributed by atoms with Crippen molar-refractivity contribution in [3.63, 3.8) is 0 Å². The van der Waals surface area contributed by atoms with E-state index < -0.39 is 6.61 Å². The van der Waals surface area contributed by atoms with Crippen molar-refractivity contribution < 1.29 is 18.3 Å². The summed E-state index contributed by atoms with van der Waals surface area (Å²) in [6.07, 6.45) is 6.15. The van der Waals surface area contributed by atoms with Gasteiger partial charge < -0.3 is 15.8 Å². The van der Waals surface area contributed by atoms with E-state index in [0.29, 0.717) is 23.8 Å². The van der Waals surface area contributed by atoms with Gasteiger partial charge in [0.05, 0.1) is 0 Å². The van der Waals surface area contributed by atoms with E-state index in [9.17, 15) is 13.6 Å². The van der Waals surface area contributed by atoms with Crippen LogP contribution in [0.3, 0.4) is 0 Å². The van der Waals surface area contributed by atoms with Crippen LogP contribution < -0.4 is 15.8 Å². The zero-order chi connectivity index (χ0) is 18.3. The number of fused-ring (bicyclic) bond motifs is 2. The minimum Gasteiger partial charge on any atom is -0.435 e. The summed E-state index contributed by atoms with van der Waals surface area (Å²) in [4.78, 5) is 12.8. The van der Waals surface area contributed by atoms with Crippen LogP contribution in [0.5, 0.6) is 5.75 Å². The van der Waals surface area contributed by atoms with Crippen molar-refractivity contribution in [1.82, 2.24) is 5.32 Å². The largest absolute Gasteiger partial charge is 0.435 e. The van der Waals surface area contributed by atoms with Crippen molar-refractivity contribution in [3.8, 4) is 5.75 Å². The highest BCUT2D eigenvalue weighted by atomic mass is 35.5. The van der Waals surface area contributed by atoms with E-state index in [1.807, 2.05) is 0 Å². The second-order valence-corrected chi connectivity index (χ2v) is 8.08. The first-order chi connectivity index (χ1) is 12.5. The number of nitrogens with one attached hydrogen (secondary N) is 1. The summed E-state index contributed by atoms with van der Waals surface area (Å²) in [5, 5.41) is 3.28. The van der Waals surface area contributed by atoms with E-state index >= 15 is 0 Å². The number of rotatable bonds is 5. The summed E-state index contributed by atoms with van der Waals surface area (Å²) in [5.41, 5.74) is 6.86. The Labute approximate surface area is 164 Å². The predicted molar refractivity (Wildman–Crippen MR) is 101 cm³/mol. The molecule has 3 saturated carbocycles. The molecule has 4 atom stereocenters. The Kier molecular flexibility index (Phi) is 6.26. The number of amides is 1. The Hall–Kier alpha value is -1.40. The van der Waals surface area contributed by atoms with Gasteiger partial charge in [0.1, 0.15) is 5.75 Å². The molecule has 3 aliphatic rings. The standard InChI is InChI=1S/C20H26F2N2O2.ClH/c21-20(22)26-17-7-2-1-6-14(17)15-10-16(15)19(25)24-18-11-4-3-5-12(18)9-13(23)8-11;/h1-2,6-7,11-13,15-16,18,20H,3-5,8-10,23H2,(H,24,25);1H. The molecule has 7 heteroatoms. The lowest BCUT2D eigenvalue weighted by Gasteiger charge is -2.45. The second-order valence-electron chi connectivity index (χ2n) is 8.08. The van der Waals surface area contributed by atoms with E-state index in [2.05, 4.69) is 10.1 Å². The molecule has 2 bridgehead atoms. The number of halogens is 3. The lowest BCUT2D eigenvalue weighted by Crippen LogP contribution is -2.54. The van der Waals surface area contributed by atoms with Gasteiger partial charge in [0.25, 0.3) is 0 Å². The van der Waals surface area contributed by atoms with Gasteiger partial charge in [-0.2, -0.15) is 8.78 Å². The Morgan fingerprint density at radius 1 is 1.15 bits per heavy atom. The molecule has 4 rings (SSSR count). The molecule has 4 unspecified atom stereocenters. The highest BCUT2D eigenvalue weighted by molar-refractivity contribution is 5.85. The molecule has 150 valence electrons. The average molecular weight is 401 g/mol. The first-order valence-corrected chi connectivity index (χ1v) is 9.62. The topological polar surface area (TPSA) is 64.3 Å². The SMILES string of the molecule is Cl.NC1CC2CCCC(C1)C2NC(=O)C1CC1c1ccccc1OC(F)F. The van der Waals surface area contributed by atoms with Crippen molar-refractivity contribution in [3.05, 3.63) is 29.8 Å². The van der Waals surface area contributed by atoms with Crippen molar-refractivity contribution in [2.24, 2.45) is 23.5 Å². The number of benzene rings is 1. The molecule has 27 heavy (non-hydrogen) atoms. The van der Waals surface area contributed by atoms with Crippen LogP contribution in [0.25, 0.3) is 0 Å². The Bertz CT molecular complexity index is 661. The number of carbonyl (C=O) groups excluding carboxylic acids is 1. The van der Waals surface area contributed by atoms with Crippen LogP contribution in [0.1, 0.15) is 50.0 Å². The van der Waals surface area contributed by atoms with Crippen LogP contribution in [0, 0.1) is 17.8 Å². The van der Waals surface area contributed by atoms with Gasteiger partial charge in [0.2, 0.25) is 5.91 Å². The molecule has 3 fully saturated rings. The molecule has 0 saturated heterocycles. The number of hydrogen-bond acceptors (Lipinski definition) is 3. The number of hydrogen-bond donors (Lipinski definition) is 2. The fourth-order valence-electron chi connectivity index (χ4n) is 5.11. The summed E-state index contributed by atoms with van der Waals surface area (Å²) < 4.78 is 29.8. The third kappa shape index (κ3) is 4.37. The van der Waals surface area contributed by atoms with Crippen molar-refractivity contribution in [2.75, 3.05) is 0 Å². The molecule has 1 aromatic carbocycles. The monoisotopic (exact) mass is 400 g/mol. The van der Waals surface area contributed by atoms with Gasteiger partial charge in [0, 0.05) is 18.0 Å². The second kappa shape index (κ2) is 8.31. The van der Waals surface area contributed by atoms with Crippen LogP contribution in [0.4, 0.5) is 8.78 Å². The van der Waals surface area contributed by atoms with Crippen LogP contribution >= 0.6 is 12.4 Å². The molecule has 1 aromatic rings. The molecule has 0 radical (unpaired) electrons. The van der Waals surface area contributed by atoms with Gasteiger partial charge in [-0.15, -0.1) is 12.4 Å². The quantitative estimate of drug-likeness (QED) is 0.789. The van der Waals surface area contributed by atoms with Crippen LogP contribution in [-0.2, 0) is 4.79 Å². The van der Waals surface area contributed by atoms with Gasteiger partial charge in [0.15, 0.2) is 0 Å². The molecule has 1 amide bonds. The molecule has 3 N–H and O–H groups in total. The fraction of sp³-hybridized carbons (Fsp3) is 0.650. The molecule has 0 aromatic heterocycles. The third-order valence-corrected chi connectivity index (χ3v) is 6.35. The highest BCUT2D eigenvalue weighted by Gasteiger charge is 2.48. The molecular weight excluding hydrogens is 374 g/mol. The number of nitrogens with two attached hydrogens (primary N) is 1. The first-order valence-electron chi connectivity index (χ1n) is 9.62. The maximum absolute atomic E-state index is 12.8. The van der Waals surface area contributed by atoms with E-state index in [1.165, 1.54) is 6.42 Å². The molecule has 0 heterocycles. The summed E-state index contributed by atoms with van der Waals surface area (Å²) in [5.74, 6) is 1.02. The number of ether oxygens (including phenoxy) is 1. The molecule has 4 nitrogen and oxygen atoms in total. The van der Waals surface area contributed by atoms with E-state index in [0.717, 1.165) is 25.7 Å². The number of carbonyl (C=O) groups is 1. The Balaban J connectivity index is 0.00000210.